The van der Waals surface area contributed by atoms with E-state index in [-0.39, 0.29) is 11.9 Å². The van der Waals surface area contributed by atoms with E-state index in [1.165, 1.54) is 6.07 Å². The molecule has 0 aliphatic heterocycles. The van der Waals surface area contributed by atoms with Crippen molar-refractivity contribution in [1.29, 1.82) is 0 Å². The van der Waals surface area contributed by atoms with Gasteiger partial charge < -0.3 is 9.73 Å². The fourth-order valence-electron chi connectivity index (χ4n) is 1.71. The Hall–Kier alpha value is -2.14. The molecule has 1 atom stereocenters. The van der Waals surface area contributed by atoms with Crippen LogP contribution >= 0.6 is 0 Å². The summed E-state index contributed by atoms with van der Waals surface area (Å²) < 4.78 is 5.19. The number of furan rings is 1. The maximum Gasteiger partial charge on any atom is 0.433 e. The molecule has 0 fully saturated rings. The van der Waals surface area contributed by atoms with Crippen molar-refractivity contribution < 1.29 is 9.34 Å². The predicted molar refractivity (Wildman–Crippen MR) is 62.7 cm³/mol. The van der Waals surface area contributed by atoms with Crippen molar-refractivity contribution in [3.63, 3.8) is 0 Å². The second-order valence-electron chi connectivity index (χ2n) is 3.57. The maximum absolute atomic E-state index is 10.6. The molecule has 0 aliphatic rings. The van der Waals surface area contributed by atoms with Gasteiger partial charge in [-0.25, -0.2) is 0 Å². The molecule has 17 heavy (non-hydrogen) atoms. The largest absolute Gasteiger partial charge is 0.433 e. The Morgan fingerprint density at radius 1 is 1.24 bits per heavy atom. The Balaban J connectivity index is 2.32. The van der Waals surface area contributed by atoms with Gasteiger partial charge in [0.15, 0.2) is 0 Å². The van der Waals surface area contributed by atoms with Gasteiger partial charge >= 0.3 is 5.88 Å². The van der Waals surface area contributed by atoms with E-state index in [1.54, 1.807) is 13.1 Å². The van der Waals surface area contributed by atoms with E-state index >= 15 is 0 Å². The highest BCUT2D eigenvalue weighted by molar-refractivity contribution is 5.29. The second-order valence-corrected chi connectivity index (χ2v) is 3.57. The Morgan fingerprint density at radius 3 is 2.47 bits per heavy atom. The number of nitrogens with zero attached hydrogens (tertiary/aromatic N) is 1. The van der Waals surface area contributed by atoms with Crippen LogP contribution in [0.1, 0.15) is 17.4 Å². The van der Waals surface area contributed by atoms with E-state index in [0.29, 0.717) is 5.76 Å². The Labute approximate surface area is 98.2 Å². The van der Waals surface area contributed by atoms with E-state index in [9.17, 15) is 10.1 Å². The summed E-state index contributed by atoms with van der Waals surface area (Å²) in [7, 11) is 1.78. The van der Waals surface area contributed by atoms with Crippen LogP contribution in [0.5, 0.6) is 0 Å². The van der Waals surface area contributed by atoms with Gasteiger partial charge in [0.1, 0.15) is 10.7 Å². The Kier molecular flexibility index (Phi) is 3.20. The lowest BCUT2D eigenvalue weighted by atomic mass is 10.1. The van der Waals surface area contributed by atoms with Gasteiger partial charge in [0.05, 0.1) is 12.1 Å². The van der Waals surface area contributed by atoms with Gasteiger partial charge in [-0.15, -0.1) is 0 Å². The van der Waals surface area contributed by atoms with Crippen molar-refractivity contribution in [2.24, 2.45) is 0 Å². The first-order chi connectivity index (χ1) is 8.22. The third-order valence-corrected chi connectivity index (χ3v) is 2.50. The molecule has 0 aliphatic carbocycles. The Bertz CT molecular complexity index is 507. The molecule has 5 heteroatoms. The predicted octanol–water partition coefficient (Wildman–Crippen LogP) is 2.50. The van der Waals surface area contributed by atoms with Crippen LogP contribution in [-0.2, 0) is 0 Å². The van der Waals surface area contributed by atoms with E-state index < -0.39 is 4.92 Å². The number of hydrogen-bond acceptors (Lipinski definition) is 4. The molecule has 0 radical (unpaired) electrons. The van der Waals surface area contributed by atoms with Crippen LogP contribution in [0, 0.1) is 10.1 Å². The van der Waals surface area contributed by atoms with Crippen molar-refractivity contribution in [2.45, 2.75) is 6.04 Å². The van der Waals surface area contributed by atoms with Gasteiger partial charge in [0.25, 0.3) is 0 Å². The fourth-order valence-corrected chi connectivity index (χ4v) is 1.71. The first-order valence-electron chi connectivity index (χ1n) is 5.18. The number of nitro groups is 1. The molecule has 1 N–H and O–H groups in total. The lowest BCUT2D eigenvalue weighted by Crippen LogP contribution is -2.16. The molecule has 1 heterocycles. The molecule has 0 amide bonds. The van der Waals surface area contributed by atoms with Gasteiger partial charge in [-0.05, 0) is 18.7 Å². The molecule has 0 saturated carbocycles. The summed E-state index contributed by atoms with van der Waals surface area (Å²) in [5, 5.41) is 13.6. The van der Waals surface area contributed by atoms with Crippen molar-refractivity contribution >= 4 is 5.88 Å². The summed E-state index contributed by atoms with van der Waals surface area (Å²) in [5.41, 5.74) is 0.999. The second kappa shape index (κ2) is 4.80. The van der Waals surface area contributed by atoms with Crippen molar-refractivity contribution in [3.8, 4) is 0 Å². The number of hydrogen-bond donors (Lipinski definition) is 1. The maximum atomic E-state index is 10.6. The summed E-state index contributed by atoms with van der Waals surface area (Å²) in [5.74, 6) is 0.293. The lowest BCUT2D eigenvalue weighted by molar-refractivity contribution is -0.402. The summed E-state index contributed by atoms with van der Waals surface area (Å²) in [6, 6.07) is 12.4. The van der Waals surface area contributed by atoms with Crippen LogP contribution in [0.4, 0.5) is 5.88 Å². The number of benzene rings is 1. The molecule has 0 spiro atoms. The molecule has 2 rings (SSSR count). The first-order valence-corrected chi connectivity index (χ1v) is 5.18. The first kappa shape index (κ1) is 11.3. The monoisotopic (exact) mass is 232 g/mol. The minimum Gasteiger partial charge on any atom is -0.404 e. The highest BCUT2D eigenvalue weighted by Gasteiger charge is 2.19. The molecule has 88 valence electrons. The van der Waals surface area contributed by atoms with Gasteiger partial charge in [0.2, 0.25) is 0 Å². The molecule has 5 nitrogen and oxygen atoms in total. The molecule has 1 unspecified atom stereocenters. The van der Waals surface area contributed by atoms with Crippen LogP contribution in [-0.4, -0.2) is 12.0 Å². The van der Waals surface area contributed by atoms with Gasteiger partial charge in [0, 0.05) is 0 Å². The van der Waals surface area contributed by atoms with E-state index in [1.807, 2.05) is 30.3 Å². The minimum atomic E-state index is -0.540. The summed E-state index contributed by atoms with van der Waals surface area (Å²) in [4.78, 5) is 10.0. The smallest absolute Gasteiger partial charge is 0.404 e. The van der Waals surface area contributed by atoms with Crippen molar-refractivity contribution in [3.05, 3.63) is 63.9 Å². The Morgan fingerprint density at radius 2 is 1.94 bits per heavy atom. The quantitative estimate of drug-likeness (QED) is 0.649. The fraction of sp³-hybridized carbons (Fsp3) is 0.167. The van der Waals surface area contributed by atoms with E-state index in [0.717, 1.165) is 5.56 Å². The minimum absolute atomic E-state index is 0.176. The van der Waals surface area contributed by atoms with Crippen LogP contribution in [0.25, 0.3) is 0 Å². The molecule has 1 aromatic carbocycles. The zero-order valence-electron chi connectivity index (χ0n) is 9.29. The van der Waals surface area contributed by atoms with Gasteiger partial charge in [-0.2, -0.15) is 0 Å². The molecule has 0 bridgehead atoms. The van der Waals surface area contributed by atoms with E-state index in [4.69, 9.17) is 4.42 Å². The highest BCUT2D eigenvalue weighted by atomic mass is 16.6. The summed E-state index contributed by atoms with van der Waals surface area (Å²) >= 11 is 0. The number of nitrogens with one attached hydrogen (secondary N) is 1. The van der Waals surface area contributed by atoms with Crippen LogP contribution in [0.2, 0.25) is 0 Å². The topological polar surface area (TPSA) is 68.3 Å². The molecular weight excluding hydrogens is 220 g/mol. The normalized spacial score (nSPS) is 12.3. The number of rotatable bonds is 4. The molecule has 1 aromatic heterocycles. The lowest BCUT2D eigenvalue weighted by Gasteiger charge is -2.13. The summed E-state index contributed by atoms with van der Waals surface area (Å²) in [6.07, 6.45) is 0. The average molecular weight is 232 g/mol. The average Bonchev–Trinajstić information content (AvgIpc) is 2.81. The third-order valence-electron chi connectivity index (χ3n) is 2.50. The van der Waals surface area contributed by atoms with Crippen molar-refractivity contribution in [1.82, 2.24) is 5.32 Å². The molecule has 0 saturated heterocycles. The summed E-state index contributed by atoms with van der Waals surface area (Å²) in [6.45, 7) is 0. The SMILES string of the molecule is CNC(c1ccccc1)c1ccc([N+](=O)[O-])o1. The van der Waals surface area contributed by atoms with Crippen molar-refractivity contribution in [2.75, 3.05) is 7.05 Å². The highest BCUT2D eigenvalue weighted by Crippen LogP contribution is 2.26. The van der Waals surface area contributed by atoms with Crippen LogP contribution < -0.4 is 5.32 Å². The zero-order chi connectivity index (χ0) is 12.3. The van der Waals surface area contributed by atoms with E-state index in [2.05, 4.69) is 5.32 Å². The standard InChI is InChI=1S/C12H12N2O3/c1-13-12(9-5-3-2-4-6-9)10-7-8-11(17-10)14(15)16/h2-8,12-13H,1H3. The van der Waals surface area contributed by atoms with Crippen LogP contribution in [0.15, 0.2) is 46.9 Å². The molecule has 2 aromatic rings. The van der Waals surface area contributed by atoms with Crippen LogP contribution in [0.3, 0.4) is 0 Å². The molecular formula is C12H12N2O3. The van der Waals surface area contributed by atoms with Gasteiger partial charge in [-0.1, -0.05) is 30.3 Å². The zero-order valence-corrected chi connectivity index (χ0v) is 9.29. The third kappa shape index (κ3) is 2.34. The van der Waals surface area contributed by atoms with Gasteiger partial charge in [-0.3, -0.25) is 10.1 Å².